The third kappa shape index (κ3) is 4.57. The number of carbonyl (C=O) groups excluding carboxylic acids is 2. The van der Waals surface area contributed by atoms with Crippen LogP contribution in [0.5, 0.6) is 5.75 Å². The fourth-order valence-electron chi connectivity index (χ4n) is 1.68. The van der Waals surface area contributed by atoms with Crippen molar-refractivity contribution < 1.29 is 19.1 Å². The van der Waals surface area contributed by atoms with Crippen molar-refractivity contribution in [3.8, 4) is 5.75 Å². The van der Waals surface area contributed by atoms with Gasteiger partial charge in [0.05, 0.1) is 26.7 Å². The number of hydrogen-bond donors (Lipinski definition) is 1. The molecule has 1 amide bonds. The van der Waals surface area contributed by atoms with Gasteiger partial charge in [-0.3, -0.25) is 9.59 Å². The minimum absolute atomic E-state index is 0.0985. The molecular formula is C15H21NO4. The molecule has 1 aromatic rings. The molecule has 1 unspecified atom stereocenters. The van der Waals surface area contributed by atoms with Gasteiger partial charge in [0, 0.05) is 5.92 Å². The van der Waals surface area contributed by atoms with E-state index >= 15 is 0 Å². The highest BCUT2D eigenvalue weighted by atomic mass is 16.5. The number of nitrogens with one attached hydrogen (secondary N) is 1. The first-order valence-electron chi connectivity index (χ1n) is 6.49. The summed E-state index contributed by atoms with van der Waals surface area (Å²) in [7, 11) is 2.92. The maximum absolute atomic E-state index is 11.8. The normalized spacial score (nSPS) is 11.8. The Bertz CT molecular complexity index is 453. The van der Waals surface area contributed by atoms with Crippen LogP contribution in [0.25, 0.3) is 0 Å². The molecule has 1 N–H and O–H groups in total. The second-order valence-electron chi connectivity index (χ2n) is 4.77. The van der Waals surface area contributed by atoms with Crippen molar-refractivity contribution in [2.24, 2.45) is 5.92 Å². The number of benzene rings is 1. The second-order valence-corrected chi connectivity index (χ2v) is 4.77. The van der Waals surface area contributed by atoms with Gasteiger partial charge in [-0.15, -0.1) is 0 Å². The van der Waals surface area contributed by atoms with Gasteiger partial charge in [-0.1, -0.05) is 26.0 Å². The van der Waals surface area contributed by atoms with Gasteiger partial charge in [-0.25, -0.2) is 0 Å². The fraction of sp³-hybridized carbons (Fsp3) is 0.467. The van der Waals surface area contributed by atoms with Crippen LogP contribution in [0.15, 0.2) is 24.3 Å². The Hall–Kier alpha value is -2.04. The highest BCUT2D eigenvalue weighted by Crippen LogP contribution is 2.21. The predicted molar refractivity (Wildman–Crippen MR) is 75.3 cm³/mol. The number of esters is 1. The van der Waals surface area contributed by atoms with Crippen LogP contribution in [-0.2, 0) is 14.3 Å². The first kappa shape index (κ1) is 16.0. The second kappa shape index (κ2) is 7.53. The van der Waals surface area contributed by atoms with Crippen LogP contribution in [0.3, 0.4) is 0 Å². The van der Waals surface area contributed by atoms with E-state index in [0.717, 1.165) is 11.3 Å². The summed E-state index contributed by atoms with van der Waals surface area (Å²) in [6.07, 6.45) is 0.0985. The third-order valence-electron chi connectivity index (χ3n) is 2.96. The first-order valence-corrected chi connectivity index (χ1v) is 6.49. The van der Waals surface area contributed by atoms with Crippen LogP contribution >= 0.6 is 0 Å². The van der Waals surface area contributed by atoms with Crippen LogP contribution in [0.4, 0.5) is 0 Å². The Balaban J connectivity index is 2.89. The summed E-state index contributed by atoms with van der Waals surface area (Å²) < 4.78 is 9.77. The molecule has 0 aliphatic rings. The molecule has 1 aromatic carbocycles. The molecule has 0 aliphatic carbocycles. The Morgan fingerprint density at radius 2 is 1.75 bits per heavy atom. The lowest BCUT2D eigenvalue weighted by molar-refractivity contribution is -0.141. The van der Waals surface area contributed by atoms with Crippen molar-refractivity contribution in [3.05, 3.63) is 29.8 Å². The zero-order valence-electron chi connectivity index (χ0n) is 12.3. The minimum Gasteiger partial charge on any atom is -0.497 e. The molecule has 110 valence electrons. The highest BCUT2D eigenvalue weighted by Gasteiger charge is 2.20. The molecular weight excluding hydrogens is 258 g/mol. The zero-order chi connectivity index (χ0) is 15.1. The molecule has 5 heteroatoms. The topological polar surface area (TPSA) is 64.6 Å². The highest BCUT2D eigenvalue weighted by molar-refractivity contribution is 5.79. The van der Waals surface area contributed by atoms with Crippen molar-refractivity contribution in [1.29, 1.82) is 0 Å². The summed E-state index contributed by atoms with van der Waals surface area (Å²) in [5, 5.41) is 2.85. The van der Waals surface area contributed by atoms with Gasteiger partial charge in [0.25, 0.3) is 0 Å². The molecule has 0 spiro atoms. The largest absolute Gasteiger partial charge is 0.497 e. The average molecular weight is 279 g/mol. The zero-order valence-corrected chi connectivity index (χ0v) is 12.3. The van der Waals surface area contributed by atoms with E-state index in [2.05, 4.69) is 10.1 Å². The molecule has 0 heterocycles. The Morgan fingerprint density at radius 1 is 1.15 bits per heavy atom. The summed E-state index contributed by atoms with van der Waals surface area (Å²) in [5.74, 6) is 0.110. The SMILES string of the molecule is COC(=O)CC(NC(=O)C(C)C)c1ccc(OC)cc1. The molecule has 0 radical (unpaired) electrons. The van der Waals surface area contributed by atoms with Gasteiger partial charge in [0.2, 0.25) is 5.91 Å². The molecule has 0 fully saturated rings. The third-order valence-corrected chi connectivity index (χ3v) is 2.96. The lowest BCUT2D eigenvalue weighted by atomic mass is 10.0. The number of carbonyl (C=O) groups is 2. The monoisotopic (exact) mass is 279 g/mol. The number of methoxy groups -OCH3 is 2. The molecule has 20 heavy (non-hydrogen) atoms. The van der Waals surface area contributed by atoms with Crippen LogP contribution < -0.4 is 10.1 Å². The molecule has 0 aliphatic heterocycles. The van der Waals surface area contributed by atoms with E-state index in [1.807, 2.05) is 12.1 Å². The maximum Gasteiger partial charge on any atom is 0.307 e. The lowest BCUT2D eigenvalue weighted by Crippen LogP contribution is -2.33. The van der Waals surface area contributed by atoms with Crippen LogP contribution in [0.2, 0.25) is 0 Å². The van der Waals surface area contributed by atoms with Gasteiger partial charge in [0.1, 0.15) is 5.75 Å². The van der Waals surface area contributed by atoms with Crippen molar-refractivity contribution in [1.82, 2.24) is 5.32 Å². The van der Waals surface area contributed by atoms with Gasteiger partial charge in [0.15, 0.2) is 0 Å². The summed E-state index contributed by atoms with van der Waals surface area (Å²) in [5.41, 5.74) is 0.838. The summed E-state index contributed by atoms with van der Waals surface area (Å²) >= 11 is 0. The summed E-state index contributed by atoms with van der Waals surface area (Å²) in [6, 6.07) is 6.84. The summed E-state index contributed by atoms with van der Waals surface area (Å²) in [4.78, 5) is 23.3. The number of ether oxygens (including phenoxy) is 2. The van der Waals surface area contributed by atoms with Crippen LogP contribution in [0, 0.1) is 5.92 Å². The Kier molecular flexibility index (Phi) is 6.03. The van der Waals surface area contributed by atoms with Crippen molar-refractivity contribution in [2.45, 2.75) is 26.3 Å². The number of hydrogen-bond acceptors (Lipinski definition) is 4. The smallest absolute Gasteiger partial charge is 0.307 e. The first-order chi connectivity index (χ1) is 9.47. The van der Waals surface area contributed by atoms with Gasteiger partial charge in [-0.2, -0.15) is 0 Å². The number of rotatable bonds is 6. The van der Waals surface area contributed by atoms with Crippen molar-refractivity contribution >= 4 is 11.9 Å². The molecule has 0 bridgehead atoms. The lowest BCUT2D eigenvalue weighted by Gasteiger charge is -2.19. The number of amides is 1. The minimum atomic E-state index is -0.400. The van der Waals surface area contributed by atoms with E-state index in [4.69, 9.17) is 4.74 Å². The van der Waals surface area contributed by atoms with Gasteiger partial charge < -0.3 is 14.8 Å². The predicted octanol–water partition coefficient (Wildman–Crippen LogP) is 2.07. The molecule has 0 aromatic heterocycles. The van der Waals surface area contributed by atoms with Crippen LogP contribution in [-0.4, -0.2) is 26.1 Å². The molecule has 1 rings (SSSR count). The van der Waals surface area contributed by atoms with E-state index in [1.165, 1.54) is 7.11 Å². The molecule has 0 saturated heterocycles. The van der Waals surface area contributed by atoms with E-state index in [1.54, 1.807) is 33.1 Å². The standard InChI is InChI=1S/C15H21NO4/c1-10(2)15(18)16-13(9-14(17)20-4)11-5-7-12(19-3)8-6-11/h5-8,10,13H,9H2,1-4H3,(H,16,18). The molecule has 1 atom stereocenters. The quantitative estimate of drug-likeness (QED) is 0.810. The Morgan fingerprint density at radius 3 is 2.20 bits per heavy atom. The average Bonchev–Trinajstić information content (AvgIpc) is 2.46. The molecule has 0 saturated carbocycles. The van der Waals surface area contributed by atoms with Crippen LogP contribution in [0.1, 0.15) is 31.9 Å². The fourth-order valence-corrected chi connectivity index (χ4v) is 1.68. The maximum atomic E-state index is 11.8. The molecule has 5 nitrogen and oxygen atoms in total. The van der Waals surface area contributed by atoms with Gasteiger partial charge >= 0.3 is 5.97 Å². The van der Waals surface area contributed by atoms with Crippen molar-refractivity contribution in [3.63, 3.8) is 0 Å². The summed E-state index contributed by atoms with van der Waals surface area (Å²) in [6.45, 7) is 3.61. The van der Waals surface area contributed by atoms with Gasteiger partial charge in [-0.05, 0) is 17.7 Å². The van der Waals surface area contributed by atoms with E-state index < -0.39 is 6.04 Å². The van der Waals surface area contributed by atoms with E-state index in [-0.39, 0.29) is 24.2 Å². The van der Waals surface area contributed by atoms with Crippen molar-refractivity contribution in [2.75, 3.05) is 14.2 Å². The Labute approximate surface area is 119 Å². The van der Waals surface area contributed by atoms with E-state index in [0.29, 0.717) is 0 Å². The van der Waals surface area contributed by atoms with E-state index in [9.17, 15) is 9.59 Å².